The van der Waals surface area contributed by atoms with E-state index >= 15 is 0 Å². The van der Waals surface area contributed by atoms with E-state index < -0.39 is 18.1 Å². The molecule has 0 heterocycles. The summed E-state index contributed by atoms with van der Waals surface area (Å²) in [7, 11) is 0. The Bertz CT molecular complexity index is 517. The molecule has 1 aromatic rings. The Hall–Kier alpha value is -1.77. The second-order valence-electron chi connectivity index (χ2n) is 3.91. The third-order valence-corrected chi connectivity index (χ3v) is 3.24. The number of hydrogen-bond donors (Lipinski definition) is 3. The summed E-state index contributed by atoms with van der Waals surface area (Å²) in [5.74, 6) is -1.04. The normalized spacial score (nSPS) is 11.4. The van der Waals surface area contributed by atoms with Gasteiger partial charge < -0.3 is 20.3 Å². The molecule has 1 rings (SSSR count). The molecular formula is C13H14INO5. The molecule has 0 bridgehead atoms. The van der Waals surface area contributed by atoms with Gasteiger partial charge in [-0.15, -0.1) is 0 Å². The van der Waals surface area contributed by atoms with Crippen LogP contribution in [0.4, 0.5) is 4.79 Å². The number of hydrogen-bond acceptors (Lipinski definition) is 4. The van der Waals surface area contributed by atoms with Crippen molar-refractivity contribution >= 4 is 34.7 Å². The Morgan fingerprint density at radius 3 is 2.75 bits per heavy atom. The molecule has 1 atom stereocenters. The highest BCUT2D eigenvalue weighted by atomic mass is 127. The molecule has 0 aliphatic heterocycles. The molecule has 0 saturated carbocycles. The number of rotatable bonds is 6. The van der Waals surface area contributed by atoms with Crippen LogP contribution >= 0.6 is 22.6 Å². The lowest BCUT2D eigenvalue weighted by molar-refractivity contribution is -0.139. The van der Waals surface area contributed by atoms with E-state index in [4.69, 9.17) is 5.11 Å². The lowest BCUT2D eigenvalue weighted by atomic mass is 10.1. The van der Waals surface area contributed by atoms with Gasteiger partial charge in [0, 0.05) is 6.42 Å². The van der Waals surface area contributed by atoms with Crippen LogP contribution in [-0.4, -0.2) is 34.9 Å². The summed E-state index contributed by atoms with van der Waals surface area (Å²) < 4.78 is 5.29. The van der Waals surface area contributed by atoms with Crippen molar-refractivity contribution < 1.29 is 24.5 Å². The molecule has 1 aromatic carbocycles. The Morgan fingerprint density at radius 1 is 1.50 bits per heavy atom. The van der Waals surface area contributed by atoms with Crippen molar-refractivity contribution in [2.75, 3.05) is 6.61 Å². The van der Waals surface area contributed by atoms with Crippen molar-refractivity contribution in [2.24, 2.45) is 0 Å². The fourth-order valence-electron chi connectivity index (χ4n) is 1.43. The lowest BCUT2D eigenvalue weighted by Gasteiger charge is -2.14. The predicted octanol–water partition coefficient (Wildman–Crippen LogP) is 1.90. The van der Waals surface area contributed by atoms with Crippen molar-refractivity contribution in [3.8, 4) is 5.75 Å². The van der Waals surface area contributed by atoms with Gasteiger partial charge in [0.05, 0.1) is 3.57 Å². The Balaban J connectivity index is 2.71. The molecule has 0 radical (unpaired) electrons. The number of phenols is 1. The first-order valence-corrected chi connectivity index (χ1v) is 6.76. The number of nitrogens with one attached hydrogen (secondary N) is 1. The standard InChI is InChI=1S/C13H14INO5/c1-2-5-20-13(19)15-10(12(17)18)7-8-3-4-11(16)9(14)6-8/h2-4,6,10,16H,1,5,7H2,(H,15,19)(H,17,18)/t10-/m0/s1. The average Bonchev–Trinajstić information content (AvgIpc) is 2.39. The molecule has 108 valence electrons. The highest BCUT2D eigenvalue weighted by Crippen LogP contribution is 2.21. The number of carboxylic acids is 1. The van der Waals surface area contributed by atoms with Gasteiger partial charge in [-0.05, 0) is 40.3 Å². The average molecular weight is 391 g/mol. The smallest absolute Gasteiger partial charge is 0.408 e. The van der Waals surface area contributed by atoms with Crippen LogP contribution < -0.4 is 5.32 Å². The number of carbonyl (C=O) groups is 2. The molecular weight excluding hydrogens is 377 g/mol. The van der Waals surface area contributed by atoms with Crippen LogP contribution in [0.5, 0.6) is 5.75 Å². The van der Waals surface area contributed by atoms with Crippen molar-refractivity contribution in [3.63, 3.8) is 0 Å². The minimum atomic E-state index is -1.16. The SMILES string of the molecule is C=CCOC(=O)N[C@@H](Cc1ccc(O)c(I)c1)C(=O)O. The van der Waals surface area contributed by atoms with E-state index in [1.807, 2.05) is 22.6 Å². The topological polar surface area (TPSA) is 95.9 Å². The minimum absolute atomic E-state index is 0.00921. The molecule has 0 aliphatic carbocycles. The zero-order valence-electron chi connectivity index (χ0n) is 10.5. The fraction of sp³-hybridized carbons (Fsp3) is 0.231. The van der Waals surface area contributed by atoms with Crippen LogP contribution in [0.3, 0.4) is 0 Å². The first-order chi connectivity index (χ1) is 9.43. The molecule has 0 spiro atoms. The van der Waals surface area contributed by atoms with E-state index in [1.165, 1.54) is 12.1 Å². The molecule has 6 nitrogen and oxygen atoms in total. The Morgan fingerprint density at radius 2 is 2.20 bits per heavy atom. The summed E-state index contributed by atoms with van der Waals surface area (Å²) in [4.78, 5) is 22.5. The molecule has 0 saturated heterocycles. The third-order valence-electron chi connectivity index (χ3n) is 2.37. The van der Waals surface area contributed by atoms with Crippen molar-refractivity contribution in [2.45, 2.75) is 12.5 Å². The van der Waals surface area contributed by atoms with Gasteiger partial charge in [0.2, 0.25) is 0 Å². The number of alkyl carbamates (subject to hydrolysis) is 1. The van der Waals surface area contributed by atoms with Crippen LogP contribution in [0.15, 0.2) is 30.9 Å². The van der Waals surface area contributed by atoms with Gasteiger partial charge in [-0.2, -0.15) is 0 Å². The third kappa shape index (κ3) is 5.08. The second-order valence-corrected chi connectivity index (χ2v) is 5.07. The summed E-state index contributed by atoms with van der Waals surface area (Å²) >= 11 is 1.94. The monoisotopic (exact) mass is 391 g/mol. The quantitative estimate of drug-likeness (QED) is 0.509. The number of amides is 1. The maximum atomic E-state index is 11.3. The lowest BCUT2D eigenvalue weighted by Crippen LogP contribution is -2.42. The van der Waals surface area contributed by atoms with E-state index in [9.17, 15) is 14.7 Å². The minimum Gasteiger partial charge on any atom is -0.507 e. The number of halogens is 1. The molecule has 3 N–H and O–H groups in total. The molecule has 0 aromatic heterocycles. The largest absolute Gasteiger partial charge is 0.507 e. The van der Waals surface area contributed by atoms with Gasteiger partial charge in [0.1, 0.15) is 18.4 Å². The molecule has 7 heteroatoms. The van der Waals surface area contributed by atoms with Gasteiger partial charge in [0.25, 0.3) is 0 Å². The first-order valence-electron chi connectivity index (χ1n) is 5.68. The van der Waals surface area contributed by atoms with Crippen molar-refractivity contribution in [1.29, 1.82) is 0 Å². The van der Waals surface area contributed by atoms with Crippen molar-refractivity contribution in [3.05, 3.63) is 40.0 Å². The van der Waals surface area contributed by atoms with Gasteiger partial charge in [-0.1, -0.05) is 18.7 Å². The molecule has 0 unspecified atom stereocenters. The molecule has 0 fully saturated rings. The second kappa shape index (κ2) is 7.73. The number of carbonyl (C=O) groups excluding carboxylic acids is 1. The number of phenolic OH excluding ortho intramolecular Hbond substituents is 1. The maximum Gasteiger partial charge on any atom is 0.408 e. The number of carboxylic acid groups (broad SMARTS) is 1. The molecule has 0 aliphatic rings. The molecule has 1 amide bonds. The first kappa shape index (κ1) is 16.3. The zero-order valence-corrected chi connectivity index (χ0v) is 12.7. The Kier molecular flexibility index (Phi) is 6.29. The van der Waals surface area contributed by atoms with Gasteiger partial charge in [-0.25, -0.2) is 9.59 Å². The molecule has 20 heavy (non-hydrogen) atoms. The van der Waals surface area contributed by atoms with E-state index in [1.54, 1.807) is 12.1 Å². The summed E-state index contributed by atoms with van der Waals surface area (Å²) in [6.07, 6.45) is 0.665. The zero-order chi connectivity index (χ0) is 15.1. The van der Waals surface area contributed by atoms with Crippen LogP contribution in [-0.2, 0) is 16.0 Å². The van der Waals surface area contributed by atoms with E-state index in [2.05, 4.69) is 16.6 Å². The number of benzene rings is 1. The number of ether oxygens (including phenoxy) is 1. The van der Waals surface area contributed by atoms with Gasteiger partial charge >= 0.3 is 12.1 Å². The summed E-state index contributed by atoms with van der Waals surface area (Å²) in [5.41, 5.74) is 0.684. The van der Waals surface area contributed by atoms with Crippen LogP contribution in [0, 0.1) is 3.57 Å². The van der Waals surface area contributed by atoms with E-state index in [0.29, 0.717) is 9.13 Å². The maximum absolute atomic E-state index is 11.3. The van der Waals surface area contributed by atoms with Gasteiger partial charge in [-0.3, -0.25) is 0 Å². The van der Waals surface area contributed by atoms with Crippen molar-refractivity contribution in [1.82, 2.24) is 5.32 Å². The van der Waals surface area contributed by atoms with Crippen LogP contribution in [0.25, 0.3) is 0 Å². The highest BCUT2D eigenvalue weighted by Gasteiger charge is 2.21. The number of aliphatic carboxylic acids is 1. The summed E-state index contributed by atoms with van der Waals surface area (Å²) in [6, 6.07) is 3.63. The summed E-state index contributed by atoms with van der Waals surface area (Å²) in [5, 5.41) is 20.8. The highest BCUT2D eigenvalue weighted by molar-refractivity contribution is 14.1. The fourth-order valence-corrected chi connectivity index (χ4v) is 2.01. The Labute approximate surface area is 129 Å². The van der Waals surface area contributed by atoms with E-state index in [0.717, 1.165) is 0 Å². The van der Waals surface area contributed by atoms with E-state index in [-0.39, 0.29) is 18.8 Å². The van der Waals surface area contributed by atoms with Crippen LogP contribution in [0.2, 0.25) is 0 Å². The number of aromatic hydroxyl groups is 1. The summed E-state index contributed by atoms with van der Waals surface area (Å²) in [6.45, 7) is 3.40. The van der Waals surface area contributed by atoms with Crippen LogP contribution in [0.1, 0.15) is 5.56 Å². The van der Waals surface area contributed by atoms with Gasteiger partial charge in [0.15, 0.2) is 0 Å². The predicted molar refractivity (Wildman–Crippen MR) is 80.6 cm³/mol.